The quantitative estimate of drug-likeness (QED) is 0.371. The number of aromatic nitrogens is 6. The van der Waals surface area contributed by atoms with Crippen molar-refractivity contribution in [2.45, 2.75) is 6.42 Å². The normalized spacial score (nSPS) is 14.9. The summed E-state index contributed by atoms with van der Waals surface area (Å²) in [5.74, 6) is 0.390. The topological polar surface area (TPSA) is 96.5 Å². The van der Waals surface area contributed by atoms with Gasteiger partial charge in [0.05, 0.1) is 5.52 Å². The number of nitrogens with zero attached hydrogens (tertiary/aromatic N) is 8. The number of anilines is 3. The molecule has 0 radical (unpaired) electrons. The van der Waals surface area contributed by atoms with E-state index in [1.165, 1.54) is 17.0 Å². The molecule has 11 heteroatoms. The van der Waals surface area contributed by atoms with E-state index in [0.717, 1.165) is 49.2 Å². The molecular formula is C27H25N9OS. The van der Waals surface area contributed by atoms with Gasteiger partial charge < -0.3 is 15.1 Å². The highest BCUT2D eigenvalue weighted by Crippen LogP contribution is 2.26. The van der Waals surface area contributed by atoms with Crippen LogP contribution >= 0.6 is 11.3 Å². The van der Waals surface area contributed by atoms with Crippen LogP contribution in [0.1, 0.15) is 6.42 Å². The van der Waals surface area contributed by atoms with Crippen molar-refractivity contribution in [3.8, 4) is 5.13 Å². The molecule has 5 heterocycles. The predicted molar refractivity (Wildman–Crippen MR) is 151 cm³/mol. The summed E-state index contributed by atoms with van der Waals surface area (Å²) in [6.45, 7) is 4.27. The summed E-state index contributed by atoms with van der Waals surface area (Å²) >= 11 is 1.46. The van der Waals surface area contributed by atoms with Gasteiger partial charge in [0, 0.05) is 54.2 Å². The molecule has 1 aliphatic heterocycles. The van der Waals surface area contributed by atoms with Crippen molar-refractivity contribution in [3.63, 3.8) is 0 Å². The highest BCUT2D eigenvalue weighted by atomic mass is 32.1. The Kier molecular flexibility index (Phi) is 5.52. The van der Waals surface area contributed by atoms with Gasteiger partial charge in [0.1, 0.15) is 5.39 Å². The van der Waals surface area contributed by atoms with Gasteiger partial charge in [-0.2, -0.15) is 9.50 Å². The molecule has 0 unspecified atom stereocenters. The van der Waals surface area contributed by atoms with Crippen molar-refractivity contribution in [1.82, 2.24) is 34.0 Å². The van der Waals surface area contributed by atoms with Gasteiger partial charge >= 0.3 is 0 Å². The first-order chi connectivity index (χ1) is 18.7. The fourth-order valence-electron chi connectivity index (χ4n) is 5.04. The Morgan fingerprint density at radius 1 is 0.921 bits per heavy atom. The van der Waals surface area contributed by atoms with E-state index in [1.54, 1.807) is 21.6 Å². The van der Waals surface area contributed by atoms with Gasteiger partial charge in [0.2, 0.25) is 11.1 Å². The lowest BCUT2D eigenvalue weighted by molar-refractivity contribution is 0.360. The molecule has 190 valence electrons. The van der Waals surface area contributed by atoms with Crippen LogP contribution in [0.4, 0.5) is 17.3 Å². The van der Waals surface area contributed by atoms with Crippen molar-refractivity contribution in [2.24, 2.45) is 0 Å². The second kappa shape index (κ2) is 9.19. The second-order valence-electron chi connectivity index (χ2n) is 9.44. The first-order valence-corrected chi connectivity index (χ1v) is 13.4. The number of likely N-dealkylation sites (N-methyl/N-ethyl adjacent to an activating group) is 1. The highest BCUT2D eigenvalue weighted by Gasteiger charge is 2.19. The molecule has 1 saturated heterocycles. The van der Waals surface area contributed by atoms with Gasteiger partial charge in [-0.3, -0.25) is 4.79 Å². The number of hydrogen-bond acceptors (Lipinski definition) is 9. The van der Waals surface area contributed by atoms with Crippen LogP contribution in [-0.4, -0.2) is 67.3 Å². The van der Waals surface area contributed by atoms with E-state index < -0.39 is 0 Å². The SMILES string of the molecule is CN1CCCN(c2ccc(Nc3ncc4c(=O)n5c(nc4n3)c3ccccc3n5-c3nccs3)cc2)CC1. The van der Waals surface area contributed by atoms with Gasteiger partial charge in [-0.1, -0.05) is 12.1 Å². The van der Waals surface area contributed by atoms with Crippen molar-refractivity contribution in [2.75, 3.05) is 43.4 Å². The van der Waals surface area contributed by atoms with Crippen molar-refractivity contribution in [1.29, 1.82) is 0 Å². The lowest BCUT2D eigenvalue weighted by Crippen LogP contribution is -2.28. The molecule has 0 spiro atoms. The zero-order valence-corrected chi connectivity index (χ0v) is 21.6. The van der Waals surface area contributed by atoms with Crippen molar-refractivity contribution >= 4 is 56.2 Å². The van der Waals surface area contributed by atoms with Crippen LogP contribution < -0.4 is 15.8 Å². The fourth-order valence-corrected chi connectivity index (χ4v) is 5.69. The molecule has 1 fully saturated rings. The summed E-state index contributed by atoms with van der Waals surface area (Å²) in [5, 5.41) is 7.03. The molecule has 2 aromatic carbocycles. The van der Waals surface area contributed by atoms with Crippen LogP contribution in [0.15, 0.2) is 71.1 Å². The summed E-state index contributed by atoms with van der Waals surface area (Å²) in [7, 11) is 2.17. The molecule has 4 aromatic heterocycles. The molecule has 7 rings (SSSR count). The maximum atomic E-state index is 13.6. The third-order valence-electron chi connectivity index (χ3n) is 6.99. The summed E-state index contributed by atoms with van der Waals surface area (Å²) < 4.78 is 3.36. The van der Waals surface area contributed by atoms with E-state index in [9.17, 15) is 4.79 Å². The standard InChI is InChI=1S/C27H25N9OS/c1-33-12-4-13-34(15-14-33)19-9-7-18(8-10-19)30-26-29-17-21-23(32-26)31-24-20-5-2-3-6-22(20)35(36(24)25(21)37)27-28-11-16-38-27/h2-3,5-11,16-17H,4,12-15H2,1H3,(H,29,30,32). The third kappa shape index (κ3) is 3.87. The van der Waals surface area contributed by atoms with Crippen LogP contribution in [0.5, 0.6) is 0 Å². The predicted octanol–water partition coefficient (Wildman–Crippen LogP) is 3.92. The minimum Gasteiger partial charge on any atom is -0.370 e. The van der Waals surface area contributed by atoms with E-state index in [2.05, 4.69) is 49.2 Å². The molecule has 1 N–H and O–H groups in total. The lowest BCUT2D eigenvalue weighted by atomic mass is 10.2. The average Bonchev–Trinajstić information content (AvgIpc) is 3.51. The Morgan fingerprint density at radius 2 is 1.79 bits per heavy atom. The second-order valence-corrected chi connectivity index (χ2v) is 10.3. The molecule has 1 aliphatic rings. The minimum absolute atomic E-state index is 0.240. The smallest absolute Gasteiger partial charge is 0.284 e. The maximum absolute atomic E-state index is 13.6. The Morgan fingerprint density at radius 3 is 2.63 bits per heavy atom. The molecule has 0 atom stereocenters. The van der Waals surface area contributed by atoms with Gasteiger partial charge in [0.15, 0.2) is 11.3 Å². The summed E-state index contributed by atoms with van der Waals surface area (Å²) in [5.41, 5.74) is 3.57. The number of thiazole rings is 1. The molecule has 0 saturated carbocycles. The Bertz CT molecular complexity index is 1830. The van der Waals surface area contributed by atoms with Crippen LogP contribution in [0, 0.1) is 0 Å². The number of benzene rings is 2. The molecule has 0 bridgehead atoms. The number of nitrogens with one attached hydrogen (secondary N) is 1. The van der Waals surface area contributed by atoms with Crippen LogP contribution in [-0.2, 0) is 0 Å². The molecular weight excluding hydrogens is 498 g/mol. The zero-order valence-electron chi connectivity index (χ0n) is 20.8. The van der Waals surface area contributed by atoms with Gasteiger partial charge in [-0.25, -0.2) is 19.6 Å². The van der Waals surface area contributed by atoms with Gasteiger partial charge in [-0.05, 0) is 56.4 Å². The van der Waals surface area contributed by atoms with E-state index in [-0.39, 0.29) is 5.56 Å². The highest BCUT2D eigenvalue weighted by molar-refractivity contribution is 7.12. The zero-order chi connectivity index (χ0) is 25.6. The minimum atomic E-state index is -0.240. The first-order valence-electron chi connectivity index (χ1n) is 12.6. The van der Waals surface area contributed by atoms with Gasteiger partial charge in [0.25, 0.3) is 5.56 Å². The average molecular weight is 524 g/mol. The summed E-state index contributed by atoms with van der Waals surface area (Å²) in [6.07, 6.45) is 4.42. The number of hydrogen-bond donors (Lipinski definition) is 1. The third-order valence-corrected chi connectivity index (χ3v) is 7.73. The van der Waals surface area contributed by atoms with E-state index >= 15 is 0 Å². The van der Waals surface area contributed by atoms with E-state index in [1.807, 2.05) is 41.8 Å². The largest absolute Gasteiger partial charge is 0.370 e. The number of para-hydroxylation sites is 1. The fraction of sp³-hybridized carbons (Fsp3) is 0.222. The number of fused-ring (bicyclic) bond motifs is 4. The first kappa shape index (κ1) is 22.8. The van der Waals surface area contributed by atoms with Crippen LogP contribution in [0.2, 0.25) is 0 Å². The van der Waals surface area contributed by atoms with Crippen LogP contribution in [0.3, 0.4) is 0 Å². The monoisotopic (exact) mass is 523 g/mol. The maximum Gasteiger partial charge on any atom is 0.284 e. The Hall–Kier alpha value is -4.35. The van der Waals surface area contributed by atoms with E-state index in [0.29, 0.717) is 27.8 Å². The summed E-state index contributed by atoms with van der Waals surface area (Å²) in [4.78, 5) is 36.7. The van der Waals surface area contributed by atoms with Crippen LogP contribution in [0.25, 0.3) is 32.7 Å². The molecule has 0 aliphatic carbocycles. The number of rotatable bonds is 4. The summed E-state index contributed by atoms with van der Waals surface area (Å²) in [6, 6.07) is 16.1. The molecule has 10 nitrogen and oxygen atoms in total. The van der Waals surface area contributed by atoms with Crippen molar-refractivity contribution < 1.29 is 0 Å². The van der Waals surface area contributed by atoms with Gasteiger partial charge in [-0.15, -0.1) is 11.3 Å². The lowest BCUT2D eigenvalue weighted by Gasteiger charge is -2.23. The molecule has 38 heavy (non-hydrogen) atoms. The van der Waals surface area contributed by atoms with Crippen molar-refractivity contribution in [3.05, 3.63) is 76.7 Å². The Labute approximate surface area is 221 Å². The van der Waals surface area contributed by atoms with E-state index in [4.69, 9.17) is 4.98 Å². The molecule has 6 aromatic rings. The molecule has 0 amide bonds. The Balaban J connectivity index is 1.25.